The number of aliphatic hydroxyl groups excluding tert-OH is 1. The van der Waals surface area contributed by atoms with E-state index in [1.807, 2.05) is 6.07 Å². The first-order chi connectivity index (χ1) is 12.2. The third-order valence-corrected chi connectivity index (χ3v) is 5.38. The molecular formula is C17H21N5O3. The number of carbonyl (C=O) groups is 1. The second-order valence-electron chi connectivity index (χ2n) is 6.80. The van der Waals surface area contributed by atoms with Crippen LogP contribution in [0.4, 0.5) is 5.82 Å². The van der Waals surface area contributed by atoms with Crippen molar-refractivity contribution in [2.24, 2.45) is 11.8 Å². The van der Waals surface area contributed by atoms with Gasteiger partial charge in [0.05, 0.1) is 24.8 Å². The minimum atomic E-state index is -0.405. The molecule has 8 nitrogen and oxygen atoms in total. The number of pyridine rings is 1. The standard InChI is InChI=1S/C17H21N5O3/c1-25-17(24)11-2-3-16(19-6-11)21-7-12-4-14(22-10-18-9-20-22)15(23)5-13(12)8-21/h2-3,6,9-10,12-15,23H,4-5,7-8H2,1H3/t12-,13+,14-,15-/m1/s1. The first-order valence-electron chi connectivity index (χ1n) is 8.47. The van der Waals surface area contributed by atoms with Crippen molar-refractivity contribution in [3.05, 3.63) is 36.5 Å². The molecule has 132 valence electrons. The van der Waals surface area contributed by atoms with E-state index in [0.717, 1.165) is 31.7 Å². The lowest BCUT2D eigenvalue weighted by atomic mass is 9.77. The van der Waals surface area contributed by atoms with E-state index in [-0.39, 0.29) is 12.0 Å². The highest BCUT2D eigenvalue weighted by Crippen LogP contribution is 2.41. The number of methoxy groups -OCH3 is 1. The minimum absolute atomic E-state index is 0.0154. The van der Waals surface area contributed by atoms with E-state index < -0.39 is 6.10 Å². The van der Waals surface area contributed by atoms with Gasteiger partial charge in [-0.3, -0.25) is 0 Å². The average Bonchev–Trinajstić information content (AvgIpc) is 3.29. The Morgan fingerprint density at radius 2 is 2.08 bits per heavy atom. The van der Waals surface area contributed by atoms with Crippen LogP contribution in [0.3, 0.4) is 0 Å². The maximum Gasteiger partial charge on any atom is 0.339 e. The molecule has 4 rings (SSSR count). The van der Waals surface area contributed by atoms with Crippen LogP contribution in [0.25, 0.3) is 0 Å². The smallest absolute Gasteiger partial charge is 0.339 e. The summed E-state index contributed by atoms with van der Waals surface area (Å²) in [6.07, 6.45) is 5.96. The molecule has 1 N–H and O–H groups in total. The second kappa shape index (κ2) is 6.44. The molecule has 0 aromatic carbocycles. The molecule has 4 atom stereocenters. The molecular weight excluding hydrogens is 322 g/mol. The molecule has 3 heterocycles. The van der Waals surface area contributed by atoms with Crippen molar-refractivity contribution in [3.63, 3.8) is 0 Å². The quantitative estimate of drug-likeness (QED) is 0.828. The summed E-state index contributed by atoms with van der Waals surface area (Å²) in [4.78, 5) is 22.2. The van der Waals surface area contributed by atoms with Gasteiger partial charge in [0, 0.05) is 19.3 Å². The number of esters is 1. The van der Waals surface area contributed by atoms with Crippen molar-refractivity contribution < 1.29 is 14.6 Å². The van der Waals surface area contributed by atoms with Gasteiger partial charge in [-0.15, -0.1) is 0 Å². The minimum Gasteiger partial charge on any atom is -0.465 e. The van der Waals surface area contributed by atoms with E-state index in [2.05, 4.69) is 20.0 Å². The van der Waals surface area contributed by atoms with Crippen LogP contribution in [-0.4, -0.2) is 57.1 Å². The average molecular weight is 343 g/mol. The van der Waals surface area contributed by atoms with Crippen LogP contribution < -0.4 is 4.90 Å². The van der Waals surface area contributed by atoms with Crippen molar-refractivity contribution in [1.29, 1.82) is 0 Å². The SMILES string of the molecule is COC(=O)c1ccc(N2C[C@H]3C[C@@H](n4cncn4)[C@H](O)C[C@H]3C2)nc1. The molecule has 0 unspecified atom stereocenters. The molecule has 2 aromatic heterocycles. The number of hydrogen-bond acceptors (Lipinski definition) is 7. The van der Waals surface area contributed by atoms with Crippen LogP contribution in [0.5, 0.6) is 0 Å². The normalized spacial score (nSPS) is 28.6. The predicted octanol–water partition coefficient (Wildman–Crippen LogP) is 0.908. The van der Waals surface area contributed by atoms with Crippen LogP contribution in [0.2, 0.25) is 0 Å². The lowest BCUT2D eigenvalue weighted by Gasteiger charge is -2.34. The Kier molecular flexibility index (Phi) is 4.12. The van der Waals surface area contributed by atoms with Gasteiger partial charge in [0.25, 0.3) is 0 Å². The van der Waals surface area contributed by atoms with E-state index in [9.17, 15) is 9.90 Å². The van der Waals surface area contributed by atoms with Crippen molar-refractivity contribution in [1.82, 2.24) is 19.7 Å². The van der Waals surface area contributed by atoms with E-state index in [0.29, 0.717) is 17.4 Å². The summed E-state index contributed by atoms with van der Waals surface area (Å²) in [5.74, 6) is 1.40. The highest BCUT2D eigenvalue weighted by atomic mass is 16.5. The lowest BCUT2D eigenvalue weighted by molar-refractivity contribution is 0.0305. The highest BCUT2D eigenvalue weighted by Gasteiger charge is 2.43. The Balaban J connectivity index is 1.47. The Hall–Kier alpha value is -2.48. The Labute approximate surface area is 145 Å². The maximum absolute atomic E-state index is 11.5. The fourth-order valence-corrected chi connectivity index (χ4v) is 4.08. The van der Waals surface area contributed by atoms with Crippen LogP contribution in [0, 0.1) is 11.8 Å². The van der Waals surface area contributed by atoms with Gasteiger partial charge >= 0.3 is 5.97 Å². The Morgan fingerprint density at radius 3 is 2.72 bits per heavy atom. The maximum atomic E-state index is 11.5. The first kappa shape index (κ1) is 16.0. The highest BCUT2D eigenvalue weighted by molar-refractivity contribution is 5.89. The van der Waals surface area contributed by atoms with E-state index in [4.69, 9.17) is 4.74 Å². The molecule has 2 aromatic rings. The largest absolute Gasteiger partial charge is 0.465 e. The number of ether oxygens (including phenoxy) is 1. The Morgan fingerprint density at radius 1 is 1.28 bits per heavy atom. The molecule has 0 radical (unpaired) electrons. The molecule has 8 heteroatoms. The molecule has 25 heavy (non-hydrogen) atoms. The van der Waals surface area contributed by atoms with Gasteiger partial charge in [-0.05, 0) is 36.8 Å². The van der Waals surface area contributed by atoms with Gasteiger partial charge < -0.3 is 14.7 Å². The zero-order valence-corrected chi connectivity index (χ0v) is 14.0. The molecule has 1 aliphatic carbocycles. The summed E-state index contributed by atoms with van der Waals surface area (Å²) in [7, 11) is 1.36. The van der Waals surface area contributed by atoms with E-state index in [1.54, 1.807) is 23.3 Å². The van der Waals surface area contributed by atoms with Gasteiger partial charge in [-0.1, -0.05) is 0 Å². The van der Waals surface area contributed by atoms with Gasteiger partial charge in [0.15, 0.2) is 0 Å². The summed E-state index contributed by atoms with van der Waals surface area (Å²) >= 11 is 0. The molecule has 2 aliphatic rings. The zero-order valence-electron chi connectivity index (χ0n) is 14.0. The topological polar surface area (TPSA) is 93.4 Å². The number of anilines is 1. The Bertz CT molecular complexity index is 733. The number of aromatic nitrogens is 4. The van der Waals surface area contributed by atoms with Gasteiger partial charge in [-0.25, -0.2) is 19.4 Å². The fourth-order valence-electron chi connectivity index (χ4n) is 4.08. The number of nitrogens with zero attached hydrogens (tertiary/aromatic N) is 5. The number of fused-ring (bicyclic) bond motifs is 1. The third kappa shape index (κ3) is 2.97. The van der Waals surface area contributed by atoms with Gasteiger partial charge in [0.2, 0.25) is 0 Å². The number of hydrogen-bond donors (Lipinski definition) is 1. The van der Waals surface area contributed by atoms with Crippen molar-refractivity contribution >= 4 is 11.8 Å². The molecule has 0 bridgehead atoms. The second-order valence-corrected chi connectivity index (χ2v) is 6.80. The summed E-state index contributed by atoms with van der Waals surface area (Å²) in [6.45, 7) is 1.77. The van der Waals surface area contributed by atoms with E-state index >= 15 is 0 Å². The lowest BCUT2D eigenvalue weighted by Crippen LogP contribution is -2.36. The van der Waals surface area contributed by atoms with Gasteiger partial charge in [-0.2, -0.15) is 5.10 Å². The van der Waals surface area contributed by atoms with Crippen molar-refractivity contribution in [2.75, 3.05) is 25.1 Å². The summed E-state index contributed by atoms with van der Waals surface area (Å²) in [5.41, 5.74) is 0.449. The van der Waals surface area contributed by atoms with Gasteiger partial charge in [0.1, 0.15) is 18.5 Å². The third-order valence-electron chi connectivity index (χ3n) is 5.38. The zero-order chi connectivity index (χ0) is 17.4. The van der Waals surface area contributed by atoms with Crippen molar-refractivity contribution in [3.8, 4) is 0 Å². The monoisotopic (exact) mass is 343 g/mol. The molecule has 1 saturated heterocycles. The summed E-state index contributed by atoms with van der Waals surface area (Å²) in [6, 6.07) is 3.58. The van der Waals surface area contributed by atoms with Crippen LogP contribution in [-0.2, 0) is 4.74 Å². The number of aliphatic hydroxyl groups is 1. The van der Waals surface area contributed by atoms with E-state index in [1.165, 1.54) is 13.4 Å². The number of rotatable bonds is 3. The molecule has 0 amide bonds. The fraction of sp³-hybridized carbons (Fsp3) is 0.529. The molecule has 1 aliphatic heterocycles. The van der Waals surface area contributed by atoms with Crippen LogP contribution in [0.15, 0.2) is 31.0 Å². The molecule has 1 saturated carbocycles. The predicted molar refractivity (Wildman–Crippen MR) is 89.1 cm³/mol. The molecule has 0 spiro atoms. The van der Waals surface area contributed by atoms with Crippen molar-refractivity contribution in [2.45, 2.75) is 25.0 Å². The summed E-state index contributed by atoms with van der Waals surface area (Å²) in [5, 5.41) is 14.7. The summed E-state index contributed by atoms with van der Waals surface area (Å²) < 4.78 is 6.47. The molecule has 2 fully saturated rings. The first-order valence-corrected chi connectivity index (χ1v) is 8.47. The number of carbonyl (C=O) groups excluding carboxylic acids is 1. The van der Waals surface area contributed by atoms with Crippen LogP contribution in [0.1, 0.15) is 29.2 Å². The van der Waals surface area contributed by atoms with Crippen LogP contribution >= 0.6 is 0 Å².